The first-order chi connectivity index (χ1) is 11.1. The fraction of sp³-hybridized carbons (Fsp3) is 0.118. The number of nitrogens with one attached hydrogen (secondary N) is 1. The molecule has 0 aliphatic heterocycles. The summed E-state index contributed by atoms with van der Waals surface area (Å²) >= 11 is 1.33. The number of amides is 1. The van der Waals surface area contributed by atoms with Crippen molar-refractivity contribution in [2.24, 2.45) is 0 Å². The van der Waals surface area contributed by atoms with Crippen molar-refractivity contribution < 1.29 is 9.18 Å². The van der Waals surface area contributed by atoms with Gasteiger partial charge >= 0.3 is 0 Å². The maximum Gasteiger partial charge on any atom is 0.257 e. The van der Waals surface area contributed by atoms with Gasteiger partial charge in [-0.2, -0.15) is 0 Å². The van der Waals surface area contributed by atoms with E-state index in [1.165, 1.54) is 35.6 Å². The second kappa shape index (κ2) is 6.66. The lowest BCUT2D eigenvalue weighted by Crippen LogP contribution is -2.11. The van der Waals surface area contributed by atoms with E-state index >= 15 is 0 Å². The van der Waals surface area contributed by atoms with Crippen LogP contribution in [0, 0.1) is 5.82 Å². The van der Waals surface area contributed by atoms with E-state index in [0.717, 1.165) is 10.6 Å². The second-order valence-electron chi connectivity index (χ2n) is 5.04. The van der Waals surface area contributed by atoms with E-state index in [-0.39, 0.29) is 17.6 Å². The smallest absolute Gasteiger partial charge is 0.257 e. The highest BCUT2D eigenvalue weighted by Gasteiger charge is 2.15. The molecular formula is C17H14FN3OS. The molecule has 23 heavy (non-hydrogen) atoms. The molecule has 0 radical (unpaired) electrons. The van der Waals surface area contributed by atoms with Crippen molar-refractivity contribution in [1.82, 2.24) is 10.2 Å². The lowest BCUT2D eigenvalue weighted by molar-refractivity contribution is 0.102. The molecule has 0 spiro atoms. The van der Waals surface area contributed by atoms with Crippen LogP contribution in [0.3, 0.4) is 0 Å². The number of aromatic nitrogens is 2. The van der Waals surface area contributed by atoms with Gasteiger partial charge in [0, 0.05) is 11.5 Å². The molecule has 0 aliphatic carbocycles. The summed E-state index contributed by atoms with van der Waals surface area (Å²) in [5.74, 6) is -0.610. The summed E-state index contributed by atoms with van der Waals surface area (Å²) in [4.78, 5) is 12.1. The normalized spacial score (nSPS) is 11.9. The molecule has 1 atom stereocenters. The van der Waals surface area contributed by atoms with E-state index in [9.17, 15) is 9.18 Å². The number of halogens is 1. The molecule has 116 valence electrons. The Morgan fingerprint density at radius 1 is 1.09 bits per heavy atom. The Hall–Kier alpha value is -2.60. The SMILES string of the molecule is CC(c1ccccc1)c1nnc(NC(=O)c2ccc(F)cc2)s1. The number of anilines is 1. The van der Waals surface area contributed by atoms with Gasteiger partial charge in [-0.1, -0.05) is 48.6 Å². The Balaban J connectivity index is 1.72. The van der Waals surface area contributed by atoms with Gasteiger partial charge in [-0.3, -0.25) is 10.1 Å². The third-order valence-electron chi connectivity index (χ3n) is 3.44. The molecular weight excluding hydrogens is 313 g/mol. The quantitative estimate of drug-likeness (QED) is 0.785. The average molecular weight is 327 g/mol. The first-order valence-electron chi connectivity index (χ1n) is 7.09. The maximum atomic E-state index is 12.9. The molecule has 3 rings (SSSR count). The zero-order valence-electron chi connectivity index (χ0n) is 12.4. The Labute approximate surface area is 137 Å². The Morgan fingerprint density at radius 3 is 2.48 bits per heavy atom. The van der Waals surface area contributed by atoms with E-state index in [1.807, 2.05) is 37.3 Å². The third-order valence-corrected chi connectivity index (χ3v) is 4.46. The van der Waals surface area contributed by atoms with Gasteiger partial charge in [-0.15, -0.1) is 10.2 Å². The van der Waals surface area contributed by atoms with Crippen LogP contribution in [0.2, 0.25) is 0 Å². The van der Waals surface area contributed by atoms with Gasteiger partial charge in [0.2, 0.25) is 5.13 Å². The first kappa shape index (κ1) is 15.3. The zero-order chi connectivity index (χ0) is 16.2. The first-order valence-corrected chi connectivity index (χ1v) is 7.90. The van der Waals surface area contributed by atoms with Crippen molar-refractivity contribution in [3.05, 3.63) is 76.5 Å². The van der Waals surface area contributed by atoms with Crippen LogP contribution < -0.4 is 5.32 Å². The van der Waals surface area contributed by atoms with Gasteiger partial charge in [0.25, 0.3) is 5.91 Å². The summed E-state index contributed by atoms with van der Waals surface area (Å²) in [6.07, 6.45) is 0. The number of benzene rings is 2. The van der Waals surface area contributed by atoms with Crippen molar-refractivity contribution in [3.63, 3.8) is 0 Å². The summed E-state index contributed by atoms with van der Waals surface area (Å²) < 4.78 is 12.9. The van der Waals surface area contributed by atoms with Crippen LogP contribution in [0.1, 0.15) is 33.8 Å². The largest absolute Gasteiger partial charge is 0.296 e. The molecule has 1 amide bonds. The number of hydrogen-bond acceptors (Lipinski definition) is 4. The molecule has 4 nitrogen and oxygen atoms in total. The van der Waals surface area contributed by atoms with Crippen LogP contribution in [-0.4, -0.2) is 16.1 Å². The molecule has 6 heteroatoms. The fourth-order valence-electron chi connectivity index (χ4n) is 2.11. The predicted octanol–water partition coefficient (Wildman–Crippen LogP) is 4.08. The zero-order valence-corrected chi connectivity index (χ0v) is 13.2. The predicted molar refractivity (Wildman–Crippen MR) is 88.2 cm³/mol. The molecule has 1 unspecified atom stereocenters. The van der Waals surface area contributed by atoms with Gasteiger partial charge in [-0.25, -0.2) is 4.39 Å². The Kier molecular flexibility index (Phi) is 4.43. The van der Waals surface area contributed by atoms with E-state index in [0.29, 0.717) is 10.7 Å². The third kappa shape index (κ3) is 3.60. The topological polar surface area (TPSA) is 54.9 Å². The van der Waals surface area contributed by atoms with Crippen LogP contribution in [0.25, 0.3) is 0 Å². The summed E-state index contributed by atoms with van der Waals surface area (Å²) in [7, 11) is 0. The average Bonchev–Trinajstić information content (AvgIpc) is 3.04. The van der Waals surface area contributed by atoms with E-state index in [1.54, 1.807) is 0 Å². The number of carbonyl (C=O) groups is 1. The van der Waals surface area contributed by atoms with E-state index in [2.05, 4.69) is 15.5 Å². The molecule has 0 bridgehead atoms. The number of nitrogens with zero attached hydrogens (tertiary/aromatic N) is 2. The summed E-state index contributed by atoms with van der Waals surface area (Å²) in [5, 5.41) is 12.1. The maximum absolute atomic E-state index is 12.9. The summed E-state index contributed by atoms with van der Waals surface area (Å²) in [5.41, 5.74) is 1.51. The monoisotopic (exact) mass is 327 g/mol. The molecule has 1 N–H and O–H groups in total. The minimum atomic E-state index is -0.378. The van der Waals surface area contributed by atoms with Gasteiger partial charge in [0.05, 0.1) is 0 Å². The van der Waals surface area contributed by atoms with E-state index < -0.39 is 0 Å². The van der Waals surface area contributed by atoms with Crippen molar-refractivity contribution >= 4 is 22.4 Å². The van der Waals surface area contributed by atoms with Crippen molar-refractivity contribution in [1.29, 1.82) is 0 Å². The molecule has 3 aromatic rings. The molecule has 1 aromatic heterocycles. The molecule has 0 saturated carbocycles. The fourth-order valence-corrected chi connectivity index (χ4v) is 2.93. The van der Waals surface area contributed by atoms with Crippen LogP contribution in [0.4, 0.5) is 9.52 Å². The van der Waals surface area contributed by atoms with Crippen molar-refractivity contribution in [2.45, 2.75) is 12.8 Å². The minimum absolute atomic E-state index is 0.102. The Bertz CT molecular complexity index is 802. The highest BCUT2D eigenvalue weighted by molar-refractivity contribution is 7.15. The van der Waals surface area contributed by atoms with Crippen LogP contribution in [0.15, 0.2) is 54.6 Å². The van der Waals surface area contributed by atoms with E-state index in [4.69, 9.17) is 0 Å². The van der Waals surface area contributed by atoms with Crippen molar-refractivity contribution in [3.8, 4) is 0 Å². The summed E-state index contributed by atoms with van der Waals surface area (Å²) in [6.45, 7) is 2.04. The number of carbonyl (C=O) groups excluding carboxylic acids is 1. The molecule has 0 aliphatic rings. The van der Waals surface area contributed by atoms with Crippen LogP contribution >= 0.6 is 11.3 Å². The van der Waals surface area contributed by atoms with Gasteiger partial charge < -0.3 is 0 Å². The standard InChI is InChI=1S/C17H14FN3OS/c1-11(12-5-3-2-4-6-12)16-20-21-17(23-16)19-15(22)13-7-9-14(18)10-8-13/h2-11H,1H3,(H,19,21,22). The minimum Gasteiger partial charge on any atom is -0.296 e. The van der Waals surface area contributed by atoms with Crippen LogP contribution in [0.5, 0.6) is 0 Å². The van der Waals surface area contributed by atoms with Gasteiger partial charge in [0.15, 0.2) is 0 Å². The van der Waals surface area contributed by atoms with Gasteiger partial charge in [-0.05, 0) is 29.8 Å². The van der Waals surface area contributed by atoms with Gasteiger partial charge in [0.1, 0.15) is 10.8 Å². The lowest BCUT2D eigenvalue weighted by atomic mass is 10.0. The number of rotatable bonds is 4. The highest BCUT2D eigenvalue weighted by atomic mass is 32.1. The molecule has 1 heterocycles. The molecule has 0 fully saturated rings. The summed E-state index contributed by atoms with van der Waals surface area (Å²) in [6, 6.07) is 15.3. The van der Waals surface area contributed by atoms with Crippen LogP contribution in [-0.2, 0) is 0 Å². The highest BCUT2D eigenvalue weighted by Crippen LogP contribution is 2.28. The molecule has 2 aromatic carbocycles. The van der Waals surface area contributed by atoms with Crippen molar-refractivity contribution in [2.75, 3.05) is 5.32 Å². The second-order valence-corrected chi connectivity index (χ2v) is 6.05. The Morgan fingerprint density at radius 2 is 1.78 bits per heavy atom. The number of hydrogen-bond donors (Lipinski definition) is 1. The lowest BCUT2D eigenvalue weighted by Gasteiger charge is -2.06. The molecule has 0 saturated heterocycles.